The van der Waals surface area contributed by atoms with Crippen LogP contribution in [0.4, 0.5) is 0 Å². The van der Waals surface area contributed by atoms with Gasteiger partial charge in [-0.2, -0.15) is 0 Å². The minimum atomic E-state index is -0.615. The molecule has 2 aliphatic heterocycles. The zero-order valence-corrected chi connectivity index (χ0v) is 28.1. The molecule has 0 aromatic heterocycles. The van der Waals surface area contributed by atoms with Gasteiger partial charge in [0.25, 0.3) is 0 Å². The normalized spacial score (nSPS) is 21.1. The highest BCUT2D eigenvalue weighted by Crippen LogP contribution is 2.31. The molecule has 0 spiro atoms. The van der Waals surface area contributed by atoms with Gasteiger partial charge >= 0.3 is 0 Å². The van der Waals surface area contributed by atoms with E-state index in [0.717, 1.165) is 50.6 Å². The van der Waals surface area contributed by atoms with Crippen LogP contribution in [0.2, 0.25) is 5.02 Å². The predicted octanol–water partition coefficient (Wildman–Crippen LogP) is 5.34. The molecule has 2 heterocycles. The molecule has 240 valence electrons. The molecule has 9 heteroatoms. The minimum Gasteiger partial charge on any atom is -0.344 e. The van der Waals surface area contributed by atoms with Crippen molar-refractivity contribution in [1.29, 1.82) is 0 Å². The number of fused-ring (bicyclic) bond motifs is 1. The molecule has 0 radical (unpaired) electrons. The van der Waals surface area contributed by atoms with Gasteiger partial charge < -0.3 is 15.5 Å². The van der Waals surface area contributed by atoms with E-state index in [0.29, 0.717) is 37.0 Å². The summed E-state index contributed by atoms with van der Waals surface area (Å²) in [4.78, 5) is 32.2. The lowest BCUT2D eigenvalue weighted by Gasteiger charge is -2.45. The molecule has 1 saturated carbocycles. The first-order chi connectivity index (χ1) is 21.4. The Morgan fingerprint density at radius 1 is 1.05 bits per heavy atom. The third kappa shape index (κ3) is 8.79. The summed E-state index contributed by atoms with van der Waals surface area (Å²) < 4.78 is 2.48. The number of hydrogen-bond acceptors (Lipinski definition) is 6. The van der Waals surface area contributed by atoms with Gasteiger partial charge in [0.2, 0.25) is 11.8 Å². The quantitative estimate of drug-likeness (QED) is 0.306. The molecule has 2 aromatic carbocycles. The van der Waals surface area contributed by atoms with Crippen LogP contribution in [0.5, 0.6) is 0 Å². The summed E-state index contributed by atoms with van der Waals surface area (Å²) in [6, 6.07) is 15.8. The molecular formula is C35H50ClN5O2S. The summed E-state index contributed by atoms with van der Waals surface area (Å²) in [5.74, 6) is 0.639. The Hall–Kier alpha value is -2.10. The van der Waals surface area contributed by atoms with Crippen LogP contribution >= 0.6 is 23.5 Å². The summed E-state index contributed by atoms with van der Waals surface area (Å²) in [6.07, 6.45) is 10.5. The van der Waals surface area contributed by atoms with E-state index >= 15 is 0 Å². The Labute approximate surface area is 273 Å². The van der Waals surface area contributed by atoms with Crippen molar-refractivity contribution < 1.29 is 9.59 Å². The lowest BCUT2D eigenvalue weighted by Crippen LogP contribution is -2.59. The van der Waals surface area contributed by atoms with Gasteiger partial charge in [-0.1, -0.05) is 86.1 Å². The maximum atomic E-state index is 14.1. The van der Waals surface area contributed by atoms with E-state index in [1.165, 1.54) is 43.2 Å². The van der Waals surface area contributed by atoms with Gasteiger partial charge in [-0.25, -0.2) is 4.31 Å². The summed E-state index contributed by atoms with van der Waals surface area (Å²) >= 11 is 7.99. The topological polar surface area (TPSA) is 67.9 Å². The molecule has 3 aliphatic rings. The van der Waals surface area contributed by atoms with Crippen LogP contribution in [0, 0.1) is 5.92 Å². The third-order valence-corrected chi connectivity index (χ3v) is 11.1. The van der Waals surface area contributed by atoms with Gasteiger partial charge in [0, 0.05) is 69.2 Å². The number of nitrogens with zero attached hydrogens (tertiary/aromatic N) is 3. The lowest BCUT2D eigenvalue weighted by molar-refractivity contribution is -0.138. The first-order valence-electron chi connectivity index (χ1n) is 16.6. The van der Waals surface area contributed by atoms with Crippen LogP contribution in [0.15, 0.2) is 48.5 Å². The zero-order valence-electron chi connectivity index (χ0n) is 26.5. The van der Waals surface area contributed by atoms with Crippen molar-refractivity contribution in [3.8, 4) is 0 Å². The standard InChI is InChI=1S/C35H50ClN5O2S/c1-3-41(44-2)25-33(28-10-5-4-6-11-28)39-19-21-40(22-20-39)35(43)32(23-26-13-15-29(36)16-14-26)38-34(42)24-31-30-12-8-7-9-27(30)17-18-37-31/h7-9,12-16,28,31-33,37H,3-6,10-11,17-25H2,1-2H3,(H,38,42). The van der Waals surface area contributed by atoms with E-state index in [1.807, 2.05) is 47.2 Å². The Morgan fingerprint density at radius 2 is 1.77 bits per heavy atom. The van der Waals surface area contributed by atoms with E-state index in [-0.39, 0.29) is 17.9 Å². The average Bonchev–Trinajstić information content (AvgIpc) is 3.06. The van der Waals surface area contributed by atoms with Crippen LogP contribution in [0.1, 0.15) is 68.2 Å². The molecule has 2 amide bonds. The number of amides is 2. The molecule has 7 nitrogen and oxygen atoms in total. The molecule has 2 aromatic rings. The first-order valence-corrected chi connectivity index (χ1v) is 18.2. The number of hydrogen-bond donors (Lipinski definition) is 2. The van der Waals surface area contributed by atoms with Crippen LogP contribution in [-0.2, 0) is 22.4 Å². The van der Waals surface area contributed by atoms with Crippen LogP contribution < -0.4 is 10.6 Å². The second kappa shape index (κ2) is 16.5. The summed E-state index contributed by atoms with van der Waals surface area (Å²) in [5.41, 5.74) is 3.46. The number of rotatable bonds is 12. The summed E-state index contributed by atoms with van der Waals surface area (Å²) in [7, 11) is 0. The van der Waals surface area contributed by atoms with Gasteiger partial charge in [-0.15, -0.1) is 0 Å². The van der Waals surface area contributed by atoms with Gasteiger partial charge in [-0.3, -0.25) is 14.5 Å². The monoisotopic (exact) mass is 639 g/mol. The van der Waals surface area contributed by atoms with Gasteiger partial charge in [0.15, 0.2) is 0 Å². The molecule has 1 saturated heterocycles. The van der Waals surface area contributed by atoms with Gasteiger partial charge in [-0.05, 0) is 66.8 Å². The Kier molecular flexibility index (Phi) is 12.4. The van der Waals surface area contributed by atoms with Crippen molar-refractivity contribution in [3.63, 3.8) is 0 Å². The SMILES string of the molecule is CCN(CC(C1CCCCC1)N1CCN(C(=O)C(Cc2ccc(Cl)cc2)NC(=O)CC2NCCc3ccccc32)CC1)SC. The fraction of sp³-hybridized carbons (Fsp3) is 0.600. The summed E-state index contributed by atoms with van der Waals surface area (Å²) in [6.45, 7) is 8.34. The highest BCUT2D eigenvalue weighted by molar-refractivity contribution is 7.96. The number of nitrogens with one attached hydrogen (secondary N) is 2. The number of carbonyl (C=O) groups excluding carboxylic acids is 2. The maximum Gasteiger partial charge on any atom is 0.245 e. The second-order valence-corrected chi connectivity index (χ2v) is 13.9. The fourth-order valence-corrected chi connectivity index (χ4v) is 8.07. The number of halogens is 1. The largest absolute Gasteiger partial charge is 0.344 e. The molecule has 0 bridgehead atoms. The van der Waals surface area contributed by atoms with E-state index in [2.05, 4.69) is 51.2 Å². The molecule has 2 fully saturated rings. The number of piperazine rings is 1. The fourth-order valence-electron chi connectivity index (χ4n) is 7.39. The van der Waals surface area contributed by atoms with Gasteiger partial charge in [0.1, 0.15) is 6.04 Å². The molecule has 2 N–H and O–H groups in total. The summed E-state index contributed by atoms with van der Waals surface area (Å²) in [5, 5.41) is 7.33. The lowest BCUT2D eigenvalue weighted by atomic mass is 9.83. The molecule has 5 rings (SSSR count). The second-order valence-electron chi connectivity index (χ2n) is 12.6. The number of carbonyl (C=O) groups is 2. The van der Waals surface area contributed by atoms with Crippen LogP contribution in [-0.4, -0.2) is 90.1 Å². The highest BCUT2D eigenvalue weighted by Gasteiger charge is 2.35. The van der Waals surface area contributed by atoms with Crippen molar-refractivity contribution in [2.45, 2.75) is 76.4 Å². The Morgan fingerprint density at radius 3 is 2.48 bits per heavy atom. The first kappa shape index (κ1) is 33.3. The number of benzene rings is 2. The molecule has 1 aliphatic carbocycles. The number of likely N-dealkylation sites (N-methyl/N-ethyl adjacent to an activating group) is 1. The van der Waals surface area contributed by atoms with Crippen molar-refractivity contribution in [3.05, 3.63) is 70.2 Å². The van der Waals surface area contributed by atoms with E-state index in [4.69, 9.17) is 11.6 Å². The highest BCUT2D eigenvalue weighted by atomic mass is 35.5. The van der Waals surface area contributed by atoms with Crippen LogP contribution in [0.3, 0.4) is 0 Å². The Bertz CT molecular complexity index is 1210. The van der Waals surface area contributed by atoms with Crippen molar-refractivity contribution in [1.82, 2.24) is 24.7 Å². The van der Waals surface area contributed by atoms with Gasteiger partial charge in [0.05, 0.1) is 0 Å². The van der Waals surface area contributed by atoms with Crippen molar-refractivity contribution in [2.24, 2.45) is 5.92 Å². The minimum absolute atomic E-state index is 0.0125. The maximum absolute atomic E-state index is 14.1. The Balaban J connectivity index is 1.25. The van der Waals surface area contributed by atoms with Crippen molar-refractivity contribution in [2.75, 3.05) is 52.1 Å². The molecule has 3 unspecified atom stereocenters. The smallest absolute Gasteiger partial charge is 0.245 e. The van der Waals surface area contributed by atoms with E-state index < -0.39 is 6.04 Å². The zero-order chi connectivity index (χ0) is 30.9. The van der Waals surface area contributed by atoms with E-state index in [1.54, 1.807) is 0 Å². The van der Waals surface area contributed by atoms with Crippen molar-refractivity contribution >= 4 is 35.4 Å². The van der Waals surface area contributed by atoms with Crippen LogP contribution in [0.25, 0.3) is 0 Å². The molecular weight excluding hydrogens is 590 g/mol. The third-order valence-electron chi connectivity index (χ3n) is 9.88. The molecule has 44 heavy (non-hydrogen) atoms. The van der Waals surface area contributed by atoms with E-state index in [9.17, 15) is 9.59 Å². The predicted molar refractivity (Wildman–Crippen MR) is 182 cm³/mol. The molecule has 3 atom stereocenters. The average molecular weight is 640 g/mol.